The van der Waals surface area contributed by atoms with Crippen LogP contribution in [0.3, 0.4) is 0 Å². The summed E-state index contributed by atoms with van der Waals surface area (Å²) in [5, 5.41) is 12.8. The monoisotopic (exact) mass is 940 g/mol. The van der Waals surface area contributed by atoms with Gasteiger partial charge in [0.1, 0.15) is 12.7 Å². The SMILES string of the molecule is CCCCC/C=C\C/C=C\CCCCCCCCCCCCCC(=O)OCC(O)COP(=O)(O)OCCNC(=O)CCCCCCCCCCCCCCCCCCCCCCCCC. The summed E-state index contributed by atoms with van der Waals surface area (Å²) in [7, 11) is -4.42. The molecule has 0 saturated carbocycles. The van der Waals surface area contributed by atoms with Crippen LogP contribution in [0.2, 0.25) is 0 Å². The first kappa shape index (κ1) is 63.5. The zero-order chi connectivity index (χ0) is 47.4. The Balaban J connectivity index is 3.50. The van der Waals surface area contributed by atoms with E-state index in [0.29, 0.717) is 6.42 Å². The van der Waals surface area contributed by atoms with Gasteiger partial charge in [-0.15, -0.1) is 0 Å². The molecule has 384 valence electrons. The van der Waals surface area contributed by atoms with Crippen LogP contribution in [-0.4, -0.2) is 54.3 Å². The molecule has 3 N–H and O–H groups in total. The topological polar surface area (TPSA) is 131 Å². The Bertz CT molecular complexity index is 1120. The molecular weight excluding hydrogens is 834 g/mol. The molecular formula is C55H106NO8P. The number of esters is 1. The van der Waals surface area contributed by atoms with Crippen molar-refractivity contribution < 1.29 is 37.9 Å². The number of rotatable bonds is 53. The third kappa shape index (κ3) is 53.3. The summed E-state index contributed by atoms with van der Waals surface area (Å²) in [6.45, 7) is 3.59. The predicted molar refractivity (Wildman–Crippen MR) is 275 cm³/mol. The number of unbranched alkanes of at least 4 members (excludes halogenated alkanes) is 36. The fraction of sp³-hybridized carbons (Fsp3) is 0.891. The van der Waals surface area contributed by atoms with E-state index in [4.69, 9.17) is 13.8 Å². The molecule has 2 unspecified atom stereocenters. The van der Waals surface area contributed by atoms with E-state index in [1.54, 1.807) is 0 Å². The number of nitrogens with one attached hydrogen (secondary N) is 1. The molecule has 0 aromatic rings. The Labute approximate surface area is 401 Å². The number of ether oxygens (including phenoxy) is 1. The molecule has 0 fully saturated rings. The molecule has 0 heterocycles. The van der Waals surface area contributed by atoms with Crippen LogP contribution in [0.25, 0.3) is 0 Å². The van der Waals surface area contributed by atoms with E-state index >= 15 is 0 Å². The van der Waals surface area contributed by atoms with Crippen molar-refractivity contribution in [1.29, 1.82) is 0 Å². The second-order valence-electron chi connectivity index (χ2n) is 18.9. The molecule has 0 aromatic heterocycles. The first-order chi connectivity index (χ1) is 31.8. The van der Waals surface area contributed by atoms with Gasteiger partial charge in [0, 0.05) is 19.4 Å². The van der Waals surface area contributed by atoms with Crippen LogP contribution < -0.4 is 5.32 Å². The smallest absolute Gasteiger partial charge is 0.463 e. The number of amides is 1. The van der Waals surface area contributed by atoms with Crippen LogP contribution >= 0.6 is 7.82 Å². The molecule has 2 atom stereocenters. The maximum absolute atomic E-state index is 12.2. The minimum Gasteiger partial charge on any atom is -0.463 e. The van der Waals surface area contributed by atoms with Crippen molar-refractivity contribution in [2.24, 2.45) is 0 Å². The number of hydrogen-bond donors (Lipinski definition) is 3. The summed E-state index contributed by atoms with van der Waals surface area (Å²) in [4.78, 5) is 34.1. The van der Waals surface area contributed by atoms with Gasteiger partial charge in [0.15, 0.2) is 0 Å². The van der Waals surface area contributed by atoms with Crippen LogP contribution in [0, 0.1) is 0 Å². The number of carbonyl (C=O) groups is 2. The molecule has 9 nitrogen and oxygen atoms in total. The Morgan fingerprint density at radius 1 is 0.477 bits per heavy atom. The second-order valence-corrected chi connectivity index (χ2v) is 20.4. The molecule has 0 aliphatic rings. The molecule has 0 bridgehead atoms. The molecule has 0 aliphatic heterocycles. The van der Waals surface area contributed by atoms with Crippen LogP contribution in [0.4, 0.5) is 0 Å². The number of hydrogen-bond acceptors (Lipinski definition) is 7. The molecule has 0 radical (unpaired) electrons. The number of aliphatic hydroxyl groups excluding tert-OH is 1. The van der Waals surface area contributed by atoms with Crippen molar-refractivity contribution in [3.8, 4) is 0 Å². The maximum atomic E-state index is 12.2. The summed E-state index contributed by atoms with van der Waals surface area (Å²) in [6.07, 6.45) is 59.8. The van der Waals surface area contributed by atoms with E-state index in [1.165, 1.54) is 212 Å². The standard InChI is InChI=1S/C55H106NO8P/c1-3-5-7-9-11-13-15-17-19-21-23-25-26-28-29-31-33-35-37-39-41-43-45-47-54(58)56-49-50-63-65(60,61)64-52-53(57)51-62-55(59)48-46-44-42-40-38-36-34-32-30-27-24-22-20-18-16-14-12-10-8-6-4-2/h12,14,18,20,53,57H,3-11,13,15-17,19,21-52H2,1-2H3,(H,56,58)(H,60,61)/b14-12-,20-18-. The number of aliphatic hydroxyl groups is 1. The summed E-state index contributed by atoms with van der Waals surface area (Å²) in [5.41, 5.74) is 0. The lowest BCUT2D eigenvalue weighted by atomic mass is 10.0. The van der Waals surface area contributed by atoms with Gasteiger partial charge in [0.05, 0.1) is 13.2 Å². The van der Waals surface area contributed by atoms with Crippen molar-refractivity contribution in [2.75, 3.05) is 26.4 Å². The van der Waals surface area contributed by atoms with Gasteiger partial charge >= 0.3 is 13.8 Å². The second kappa shape index (κ2) is 51.9. The highest BCUT2D eigenvalue weighted by Gasteiger charge is 2.23. The lowest BCUT2D eigenvalue weighted by molar-refractivity contribution is -0.147. The minimum absolute atomic E-state index is 0.0861. The molecule has 0 aromatic carbocycles. The Hall–Kier alpha value is -1.51. The summed E-state index contributed by atoms with van der Waals surface area (Å²) in [5.74, 6) is -0.505. The fourth-order valence-electron chi connectivity index (χ4n) is 8.18. The highest BCUT2D eigenvalue weighted by atomic mass is 31.2. The van der Waals surface area contributed by atoms with Crippen LogP contribution in [0.1, 0.15) is 284 Å². The van der Waals surface area contributed by atoms with E-state index in [1.807, 2.05) is 0 Å². The van der Waals surface area contributed by atoms with E-state index in [2.05, 4.69) is 43.5 Å². The number of carbonyl (C=O) groups excluding carboxylic acids is 2. The zero-order valence-corrected chi connectivity index (χ0v) is 43.6. The van der Waals surface area contributed by atoms with Crippen LogP contribution in [0.15, 0.2) is 24.3 Å². The van der Waals surface area contributed by atoms with Crippen molar-refractivity contribution in [3.63, 3.8) is 0 Å². The van der Waals surface area contributed by atoms with Gasteiger partial charge in [-0.25, -0.2) is 4.57 Å². The molecule has 10 heteroatoms. The van der Waals surface area contributed by atoms with E-state index in [0.717, 1.165) is 44.9 Å². The van der Waals surface area contributed by atoms with Gasteiger partial charge in [-0.2, -0.15) is 0 Å². The normalized spacial score (nSPS) is 13.2. The molecule has 0 spiro atoms. The first-order valence-electron chi connectivity index (χ1n) is 27.8. The third-order valence-corrected chi connectivity index (χ3v) is 13.4. The van der Waals surface area contributed by atoms with Crippen LogP contribution in [-0.2, 0) is 27.9 Å². The largest absolute Gasteiger partial charge is 0.472 e. The number of phosphoric ester groups is 1. The molecule has 65 heavy (non-hydrogen) atoms. The highest BCUT2D eigenvalue weighted by Crippen LogP contribution is 2.42. The van der Waals surface area contributed by atoms with Gasteiger partial charge in [-0.1, -0.05) is 250 Å². The zero-order valence-electron chi connectivity index (χ0n) is 42.7. The van der Waals surface area contributed by atoms with Crippen molar-refractivity contribution in [2.45, 2.75) is 290 Å². The summed E-state index contributed by atoms with van der Waals surface area (Å²) in [6, 6.07) is 0. The van der Waals surface area contributed by atoms with Crippen LogP contribution in [0.5, 0.6) is 0 Å². The third-order valence-electron chi connectivity index (χ3n) is 12.4. The lowest BCUT2D eigenvalue weighted by Gasteiger charge is -2.15. The van der Waals surface area contributed by atoms with Crippen molar-refractivity contribution in [3.05, 3.63) is 24.3 Å². The molecule has 0 rings (SSSR count). The van der Waals surface area contributed by atoms with Gasteiger partial charge in [-0.3, -0.25) is 18.6 Å². The van der Waals surface area contributed by atoms with Gasteiger partial charge in [-0.05, 0) is 44.9 Å². The van der Waals surface area contributed by atoms with E-state index in [9.17, 15) is 24.2 Å². The average molecular weight is 940 g/mol. The lowest BCUT2D eigenvalue weighted by Crippen LogP contribution is -2.27. The predicted octanol–water partition coefficient (Wildman–Crippen LogP) is 16.7. The molecule has 1 amide bonds. The van der Waals surface area contributed by atoms with Gasteiger partial charge < -0.3 is 20.1 Å². The Kier molecular flexibility index (Phi) is 50.7. The van der Waals surface area contributed by atoms with Gasteiger partial charge in [0.2, 0.25) is 5.91 Å². The first-order valence-corrected chi connectivity index (χ1v) is 29.3. The quantitative estimate of drug-likeness (QED) is 0.0238. The van der Waals surface area contributed by atoms with Crippen molar-refractivity contribution >= 4 is 19.7 Å². The summed E-state index contributed by atoms with van der Waals surface area (Å²) < 4.78 is 27.0. The van der Waals surface area contributed by atoms with Gasteiger partial charge in [0.25, 0.3) is 0 Å². The van der Waals surface area contributed by atoms with E-state index in [-0.39, 0.29) is 32.1 Å². The number of phosphoric acid groups is 1. The number of allylic oxidation sites excluding steroid dienone is 4. The average Bonchev–Trinajstić information content (AvgIpc) is 3.29. The maximum Gasteiger partial charge on any atom is 0.472 e. The highest BCUT2D eigenvalue weighted by molar-refractivity contribution is 7.47. The minimum atomic E-state index is -4.42. The molecule has 0 saturated heterocycles. The van der Waals surface area contributed by atoms with E-state index < -0.39 is 26.5 Å². The Morgan fingerprint density at radius 2 is 0.831 bits per heavy atom. The molecule has 0 aliphatic carbocycles. The van der Waals surface area contributed by atoms with Crippen molar-refractivity contribution in [1.82, 2.24) is 5.32 Å². The summed E-state index contributed by atoms with van der Waals surface area (Å²) >= 11 is 0. The fourth-order valence-corrected chi connectivity index (χ4v) is 8.94. The Morgan fingerprint density at radius 3 is 1.26 bits per heavy atom.